The number of nitrogens with one attached hydrogen (secondary N) is 2. The van der Waals surface area contributed by atoms with Gasteiger partial charge in [0.05, 0.1) is 31.0 Å². The van der Waals surface area contributed by atoms with Crippen LogP contribution in [0.1, 0.15) is 25.3 Å². The summed E-state index contributed by atoms with van der Waals surface area (Å²) < 4.78 is 46.6. The Bertz CT molecular complexity index is 1010. The molecule has 11 heteroatoms. The van der Waals surface area contributed by atoms with Crippen LogP contribution in [0.2, 0.25) is 0 Å². The van der Waals surface area contributed by atoms with Gasteiger partial charge in [-0.15, -0.1) is 0 Å². The number of aliphatic imine (C=N–C) groups is 1. The second-order valence-electron chi connectivity index (χ2n) is 8.22. The van der Waals surface area contributed by atoms with E-state index in [4.69, 9.17) is 4.74 Å². The number of carbonyl (C=O) groups is 2. The van der Waals surface area contributed by atoms with Crippen LogP contribution < -0.4 is 10.6 Å². The lowest BCUT2D eigenvalue weighted by atomic mass is 9.97. The van der Waals surface area contributed by atoms with E-state index >= 15 is 0 Å². The fraction of sp³-hybridized carbons (Fsp3) is 0.409. The molecule has 3 amide bonds. The Kier molecular flexibility index (Phi) is 6.68. The summed E-state index contributed by atoms with van der Waals surface area (Å²) >= 11 is 0. The molecule has 1 aromatic rings. The van der Waals surface area contributed by atoms with Crippen molar-refractivity contribution in [1.82, 2.24) is 20.4 Å². The number of guanidine groups is 1. The van der Waals surface area contributed by atoms with Crippen molar-refractivity contribution in [2.24, 2.45) is 4.99 Å². The van der Waals surface area contributed by atoms with Crippen molar-refractivity contribution in [2.45, 2.75) is 38.5 Å². The van der Waals surface area contributed by atoms with Gasteiger partial charge in [-0.25, -0.2) is 18.0 Å². The molecule has 0 radical (unpaired) electrons. The first-order chi connectivity index (χ1) is 15.9. The number of dihydropyridines is 1. The fourth-order valence-electron chi connectivity index (χ4n) is 4.16. The molecule has 2 N–H and O–H groups in total. The van der Waals surface area contributed by atoms with E-state index in [-0.39, 0.29) is 30.2 Å². The van der Waals surface area contributed by atoms with Gasteiger partial charge < -0.3 is 15.0 Å². The zero-order valence-electron chi connectivity index (χ0n) is 18.0. The average molecular weight is 463 g/mol. The Morgan fingerprint density at radius 3 is 2.67 bits per heavy atom. The molecule has 176 valence electrons. The van der Waals surface area contributed by atoms with Gasteiger partial charge in [-0.3, -0.25) is 15.0 Å². The maximum Gasteiger partial charge on any atom is 0.351 e. The summed E-state index contributed by atoms with van der Waals surface area (Å²) in [4.78, 5) is 31.7. The van der Waals surface area contributed by atoms with Crippen LogP contribution in [0, 0.1) is 17.5 Å². The third kappa shape index (κ3) is 5.03. The standard InChI is InChI=1S/C22H24F3N5O3/c1-13-4-16(8-26-7-13)30(9-14-5-18(23)20(25)19(24)6-14)22(32)28-21(27-12-31)29-10-17-3-2-15(29)11-33-17/h4-6,8,12,15,17,26H,2-3,7,9-11H2,1H3,(H,27,28,31,32). The lowest BCUT2D eigenvalue weighted by Gasteiger charge is -2.46. The molecule has 3 saturated heterocycles. The number of piperidine rings is 1. The second-order valence-corrected chi connectivity index (χ2v) is 8.22. The highest BCUT2D eigenvalue weighted by Crippen LogP contribution is 2.26. The number of ether oxygens (including phenoxy) is 1. The number of carbonyl (C=O) groups excluding carboxylic acids is 2. The molecule has 8 nitrogen and oxygen atoms in total. The number of hydrogen-bond acceptors (Lipinski definition) is 4. The van der Waals surface area contributed by atoms with E-state index in [2.05, 4.69) is 15.6 Å². The number of benzene rings is 1. The Labute approximate surface area is 188 Å². The van der Waals surface area contributed by atoms with Crippen molar-refractivity contribution in [3.05, 3.63) is 58.7 Å². The molecular formula is C22H24F3N5O3. The van der Waals surface area contributed by atoms with Crippen LogP contribution in [0.25, 0.3) is 0 Å². The minimum atomic E-state index is -1.58. The number of amides is 3. The minimum Gasteiger partial charge on any atom is -0.385 e. The molecule has 2 bridgehead atoms. The number of morpholine rings is 1. The minimum absolute atomic E-state index is 0.0131. The second kappa shape index (κ2) is 9.65. The van der Waals surface area contributed by atoms with E-state index in [9.17, 15) is 22.8 Å². The van der Waals surface area contributed by atoms with Crippen molar-refractivity contribution in [3.63, 3.8) is 0 Å². The van der Waals surface area contributed by atoms with E-state index in [0.717, 1.165) is 30.5 Å². The van der Waals surface area contributed by atoms with Gasteiger partial charge in [0, 0.05) is 19.3 Å². The zero-order chi connectivity index (χ0) is 23.5. The van der Waals surface area contributed by atoms with Gasteiger partial charge in [0.1, 0.15) is 0 Å². The third-order valence-electron chi connectivity index (χ3n) is 5.80. The number of rotatable bonds is 4. The van der Waals surface area contributed by atoms with Gasteiger partial charge in [0.15, 0.2) is 17.5 Å². The summed E-state index contributed by atoms with van der Waals surface area (Å²) in [7, 11) is 0. The SMILES string of the molecule is CC1=CC(N(Cc2cc(F)c(F)c(F)c2)C(=O)/N=C(\NC=O)N2CC3CCC2CO3)=CNC1. The monoisotopic (exact) mass is 463 g/mol. The van der Waals surface area contributed by atoms with E-state index in [0.29, 0.717) is 31.8 Å². The quantitative estimate of drug-likeness (QED) is 0.310. The normalized spacial score (nSPS) is 22.3. The topological polar surface area (TPSA) is 86.3 Å². The summed E-state index contributed by atoms with van der Waals surface area (Å²) in [5, 5.41) is 5.52. The Balaban J connectivity index is 1.66. The highest BCUT2D eigenvalue weighted by atomic mass is 19.2. The van der Waals surface area contributed by atoms with Crippen LogP contribution in [0.4, 0.5) is 18.0 Å². The molecule has 0 spiro atoms. The Morgan fingerprint density at radius 1 is 1.33 bits per heavy atom. The highest BCUT2D eigenvalue weighted by molar-refractivity contribution is 5.97. The predicted octanol–water partition coefficient (Wildman–Crippen LogP) is 2.38. The van der Waals surface area contributed by atoms with Crippen molar-refractivity contribution < 1.29 is 27.5 Å². The predicted molar refractivity (Wildman–Crippen MR) is 113 cm³/mol. The van der Waals surface area contributed by atoms with Gasteiger partial charge in [-0.05, 0) is 43.5 Å². The molecule has 33 heavy (non-hydrogen) atoms. The maximum atomic E-state index is 13.8. The molecule has 1 aromatic carbocycles. The number of halogens is 3. The molecule has 5 rings (SSSR count). The number of hydrogen-bond donors (Lipinski definition) is 2. The first kappa shape index (κ1) is 22.8. The van der Waals surface area contributed by atoms with Gasteiger partial charge in [0.2, 0.25) is 12.4 Å². The van der Waals surface area contributed by atoms with Crippen LogP contribution in [-0.4, -0.2) is 60.0 Å². The highest BCUT2D eigenvalue weighted by Gasteiger charge is 2.37. The first-order valence-corrected chi connectivity index (χ1v) is 10.6. The van der Waals surface area contributed by atoms with Gasteiger partial charge >= 0.3 is 6.03 Å². The number of fused-ring (bicyclic) bond motifs is 3. The summed E-state index contributed by atoms with van der Waals surface area (Å²) in [5.74, 6) is -4.20. The zero-order valence-corrected chi connectivity index (χ0v) is 18.0. The largest absolute Gasteiger partial charge is 0.385 e. The van der Waals surface area contributed by atoms with Crippen LogP contribution in [0.3, 0.4) is 0 Å². The number of nitrogens with zero attached hydrogens (tertiary/aromatic N) is 3. The molecule has 0 saturated carbocycles. The van der Waals surface area contributed by atoms with E-state index < -0.39 is 23.5 Å². The lowest BCUT2D eigenvalue weighted by molar-refractivity contribution is -0.109. The average Bonchev–Trinajstić information content (AvgIpc) is 2.81. The van der Waals surface area contributed by atoms with E-state index in [1.54, 1.807) is 12.3 Å². The van der Waals surface area contributed by atoms with E-state index in [1.165, 1.54) is 4.90 Å². The molecule has 4 heterocycles. The van der Waals surface area contributed by atoms with Crippen molar-refractivity contribution in [1.29, 1.82) is 0 Å². The van der Waals surface area contributed by atoms with Gasteiger partial charge in [-0.1, -0.05) is 5.57 Å². The van der Waals surface area contributed by atoms with Crippen molar-refractivity contribution in [3.8, 4) is 0 Å². The molecular weight excluding hydrogens is 439 g/mol. The summed E-state index contributed by atoms with van der Waals surface area (Å²) in [6.45, 7) is 3.11. The van der Waals surface area contributed by atoms with Gasteiger partial charge in [-0.2, -0.15) is 4.99 Å². The summed E-state index contributed by atoms with van der Waals surface area (Å²) in [5.41, 5.74) is 1.37. The van der Waals surface area contributed by atoms with Crippen LogP contribution >= 0.6 is 0 Å². The Morgan fingerprint density at radius 2 is 2.09 bits per heavy atom. The molecule has 0 aromatic heterocycles. The molecule has 2 unspecified atom stereocenters. The summed E-state index contributed by atoms with van der Waals surface area (Å²) in [6.07, 6.45) is 5.48. The number of urea groups is 1. The van der Waals surface area contributed by atoms with Gasteiger partial charge in [0.25, 0.3) is 0 Å². The smallest absolute Gasteiger partial charge is 0.351 e. The molecule has 2 atom stereocenters. The molecule has 0 aliphatic carbocycles. The van der Waals surface area contributed by atoms with Crippen molar-refractivity contribution >= 4 is 18.4 Å². The van der Waals surface area contributed by atoms with Crippen LogP contribution in [0.5, 0.6) is 0 Å². The van der Waals surface area contributed by atoms with E-state index in [1.807, 2.05) is 11.8 Å². The molecule has 3 fully saturated rings. The first-order valence-electron chi connectivity index (χ1n) is 10.6. The summed E-state index contributed by atoms with van der Waals surface area (Å²) in [6, 6.07) is 0.883. The lowest BCUT2D eigenvalue weighted by Crippen LogP contribution is -2.59. The Hall–Kier alpha value is -3.34. The maximum absolute atomic E-state index is 13.8. The number of allylic oxidation sites excluding steroid dienone is 1. The van der Waals surface area contributed by atoms with Crippen LogP contribution in [-0.2, 0) is 16.1 Å². The van der Waals surface area contributed by atoms with Crippen molar-refractivity contribution in [2.75, 3.05) is 19.7 Å². The third-order valence-corrected chi connectivity index (χ3v) is 5.80. The molecule has 4 aliphatic rings. The van der Waals surface area contributed by atoms with Crippen LogP contribution in [0.15, 0.2) is 40.7 Å². The fourth-order valence-corrected chi connectivity index (χ4v) is 4.16. The molecule has 4 aliphatic heterocycles.